The Labute approximate surface area is 156 Å². The molecule has 0 bridgehead atoms. The molecular weight excluding hydrogens is 350 g/mol. The van der Waals surface area contributed by atoms with E-state index >= 15 is 0 Å². The topological polar surface area (TPSA) is 112 Å². The number of anilines is 1. The minimum atomic E-state index is -1.29. The maximum atomic E-state index is 11.9. The summed E-state index contributed by atoms with van der Waals surface area (Å²) in [6.07, 6.45) is 0. The molecule has 1 amide bonds. The van der Waals surface area contributed by atoms with E-state index in [1.165, 1.54) is 0 Å². The van der Waals surface area contributed by atoms with Gasteiger partial charge in [0, 0.05) is 11.8 Å². The fourth-order valence-corrected chi connectivity index (χ4v) is 2.10. The highest BCUT2D eigenvalue weighted by molar-refractivity contribution is 5.99. The molecule has 2 aromatic carbocycles. The Morgan fingerprint density at radius 3 is 2.52 bits per heavy atom. The van der Waals surface area contributed by atoms with E-state index in [2.05, 4.69) is 15.8 Å². The minimum absolute atomic E-state index is 0.0555. The summed E-state index contributed by atoms with van der Waals surface area (Å²) in [5, 5.41) is 17.4. The molecule has 8 heteroatoms. The minimum Gasteiger partial charge on any atom is -0.546 e. The van der Waals surface area contributed by atoms with Crippen molar-refractivity contribution < 1.29 is 24.2 Å². The Morgan fingerprint density at radius 1 is 1.11 bits per heavy atom. The number of rotatable bonds is 9. The van der Waals surface area contributed by atoms with Crippen LogP contribution in [0.25, 0.3) is 0 Å². The zero-order valence-electron chi connectivity index (χ0n) is 15.0. The molecule has 2 N–H and O–H groups in total. The average Bonchev–Trinajstić information content (AvgIpc) is 2.69. The highest BCUT2D eigenvalue weighted by atomic mass is 16.5. The number of hydrogen-bond donors (Lipinski definition) is 2. The van der Waals surface area contributed by atoms with Gasteiger partial charge in [0.25, 0.3) is 5.91 Å². The van der Waals surface area contributed by atoms with Crippen LogP contribution in [0.4, 0.5) is 5.69 Å². The van der Waals surface area contributed by atoms with E-state index in [9.17, 15) is 14.7 Å². The van der Waals surface area contributed by atoms with Crippen molar-refractivity contribution in [3.63, 3.8) is 0 Å². The lowest BCUT2D eigenvalue weighted by Crippen LogP contribution is -2.28. The SMILES string of the molecule is COc1cccc(NCC(=O)N/N=C(/C)c2ccc(OCC(=O)[O-])cc2)c1. The molecule has 0 aliphatic rings. The predicted molar refractivity (Wildman–Crippen MR) is 98.8 cm³/mol. The van der Waals surface area contributed by atoms with Gasteiger partial charge >= 0.3 is 0 Å². The molecule has 0 saturated carbocycles. The van der Waals surface area contributed by atoms with Crippen LogP contribution in [0.1, 0.15) is 12.5 Å². The number of carbonyl (C=O) groups excluding carboxylic acids is 2. The van der Waals surface area contributed by atoms with Crippen molar-refractivity contribution in [2.75, 3.05) is 25.6 Å². The van der Waals surface area contributed by atoms with Crippen LogP contribution >= 0.6 is 0 Å². The summed E-state index contributed by atoms with van der Waals surface area (Å²) < 4.78 is 10.1. The van der Waals surface area contributed by atoms with Crippen LogP contribution in [0, 0.1) is 0 Å². The maximum Gasteiger partial charge on any atom is 0.259 e. The molecule has 0 unspecified atom stereocenters. The molecule has 0 heterocycles. The fraction of sp³-hybridized carbons (Fsp3) is 0.211. The van der Waals surface area contributed by atoms with Crippen molar-refractivity contribution in [2.45, 2.75) is 6.92 Å². The van der Waals surface area contributed by atoms with Crippen LogP contribution < -0.4 is 25.3 Å². The van der Waals surface area contributed by atoms with Gasteiger partial charge in [0.1, 0.15) is 18.1 Å². The molecule has 0 radical (unpaired) electrons. The molecule has 0 saturated heterocycles. The van der Waals surface area contributed by atoms with Crippen LogP contribution in [-0.4, -0.2) is 37.8 Å². The summed E-state index contributed by atoms with van der Waals surface area (Å²) in [6, 6.07) is 13.9. The van der Waals surface area contributed by atoms with Crippen molar-refractivity contribution >= 4 is 23.3 Å². The van der Waals surface area contributed by atoms with Crippen molar-refractivity contribution in [3.8, 4) is 11.5 Å². The normalized spacial score (nSPS) is 10.8. The number of amides is 1. The third-order valence-corrected chi connectivity index (χ3v) is 3.50. The Morgan fingerprint density at radius 2 is 1.85 bits per heavy atom. The van der Waals surface area contributed by atoms with Crippen LogP contribution in [0.2, 0.25) is 0 Å². The smallest absolute Gasteiger partial charge is 0.259 e. The second kappa shape index (κ2) is 9.81. The number of hydrogen-bond acceptors (Lipinski definition) is 7. The van der Waals surface area contributed by atoms with Gasteiger partial charge < -0.3 is 24.7 Å². The van der Waals surface area contributed by atoms with Crippen LogP contribution in [0.15, 0.2) is 53.6 Å². The Hall–Kier alpha value is -3.55. The molecule has 27 heavy (non-hydrogen) atoms. The number of nitrogens with one attached hydrogen (secondary N) is 2. The molecule has 8 nitrogen and oxygen atoms in total. The van der Waals surface area contributed by atoms with E-state index < -0.39 is 12.6 Å². The number of carbonyl (C=O) groups is 2. The first-order valence-electron chi connectivity index (χ1n) is 8.12. The largest absolute Gasteiger partial charge is 0.546 e. The van der Waals surface area contributed by atoms with Gasteiger partial charge in [-0.1, -0.05) is 6.07 Å². The summed E-state index contributed by atoms with van der Waals surface area (Å²) in [5.41, 5.74) is 4.59. The number of nitrogens with zero attached hydrogens (tertiary/aromatic N) is 1. The number of methoxy groups -OCH3 is 1. The molecule has 2 aromatic rings. The van der Waals surface area contributed by atoms with E-state index in [0.29, 0.717) is 17.2 Å². The summed E-state index contributed by atoms with van der Waals surface area (Å²) in [5.74, 6) is -0.489. The maximum absolute atomic E-state index is 11.9. The summed E-state index contributed by atoms with van der Waals surface area (Å²) in [6.45, 7) is 1.29. The van der Waals surface area contributed by atoms with Gasteiger partial charge in [-0.3, -0.25) is 4.79 Å². The molecule has 0 aliphatic carbocycles. The molecule has 0 aromatic heterocycles. The van der Waals surface area contributed by atoms with Gasteiger partial charge in [-0.25, -0.2) is 5.43 Å². The van der Waals surface area contributed by atoms with Crippen LogP contribution in [0.5, 0.6) is 11.5 Å². The van der Waals surface area contributed by atoms with E-state index in [1.807, 2.05) is 18.2 Å². The lowest BCUT2D eigenvalue weighted by atomic mass is 10.1. The third kappa shape index (κ3) is 6.69. The quantitative estimate of drug-likeness (QED) is 0.498. The Kier molecular flexibility index (Phi) is 7.18. The lowest BCUT2D eigenvalue weighted by molar-refractivity contribution is -0.307. The van der Waals surface area contributed by atoms with E-state index in [0.717, 1.165) is 11.3 Å². The first-order valence-corrected chi connectivity index (χ1v) is 8.12. The van der Waals surface area contributed by atoms with Gasteiger partial charge in [-0.05, 0) is 48.9 Å². The number of hydrazone groups is 1. The summed E-state index contributed by atoms with van der Waals surface area (Å²) in [4.78, 5) is 22.3. The number of benzene rings is 2. The monoisotopic (exact) mass is 370 g/mol. The lowest BCUT2D eigenvalue weighted by Gasteiger charge is -2.08. The molecular formula is C19H20N3O5-. The Bertz CT molecular complexity index is 818. The highest BCUT2D eigenvalue weighted by Gasteiger charge is 2.03. The average molecular weight is 370 g/mol. The molecule has 0 spiro atoms. The van der Waals surface area contributed by atoms with Gasteiger partial charge in [-0.2, -0.15) is 5.10 Å². The van der Waals surface area contributed by atoms with Gasteiger partial charge in [0.2, 0.25) is 0 Å². The van der Waals surface area contributed by atoms with Crippen molar-refractivity contribution in [3.05, 3.63) is 54.1 Å². The second-order valence-corrected chi connectivity index (χ2v) is 5.50. The van der Waals surface area contributed by atoms with Gasteiger partial charge in [-0.15, -0.1) is 0 Å². The van der Waals surface area contributed by atoms with Crippen molar-refractivity contribution in [2.24, 2.45) is 5.10 Å². The van der Waals surface area contributed by atoms with Crippen LogP contribution in [-0.2, 0) is 9.59 Å². The zero-order valence-corrected chi connectivity index (χ0v) is 15.0. The van der Waals surface area contributed by atoms with E-state index in [4.69, 9.17) is 9.47 Å². The second-order valence-electron chi connectivity index (χ2n) is 5.50. The molecule has 142 valence electrons. The van der Waals surface area contributed by atoms with Crippen molar-refractivity contribution in [1.82, 2.24) is 5.43 Å². The Balaban J connectivity index is 1.84. The third-order valence-electron chi connectivity index (χ3n) is 3.50. The standard InChI is InChI=1S/C19H21N3O5/c1-13(14-6-8-16(9-7-14)27-12-19(24)25)21-22-18(23)11-20-15-4-3-5-17(10-15)26-2/h3-10,20H,11-12H2,1-2H3,(H,22,23)(H,24,25)/p-1/b21-13-. The predicted octanol–water partition coefficient (Wildman–Crippen LogP) is 0.776. The number of aliphatic carboxylic acids is 1. The van der Waals surface area contributed by atoms with Gasteiger partial charge in [0.05, 0.1) is 25.3 Å². The fourth-order valence-electron chi connectivity index (χ4n) is 2.10. The van der Waals surface area contributed by atoms with Gasteiger partial charge in [0.15, 0.2) is 0 Å². The van der Waals surface area contributed by atoms with Crippen molar-refractivity contribution in [1.29, 1.82) is 0 Å². The number of carboxylic acids is 1. The van der Waals surface area contributed by atoms with Crippen LogP contribution in [0.3, 0.4) is 0 Å². The van der Waals surface area contributed by atoms with E-state index in [1.54, 1.807) is 44.4 Å². The highest BCUT2D eigenvalue weighted by Crippen LogP contribution is 2.16. The summed E-state index contributed by atoms with van der Waals surface area (Å²) in [7, 11) is 1.57. The zero-order chi connectivity index (χ0) is 19.6. The molecule has 0 fully saturated rings. The van der Waals surface area contributed by atoms with E-state index in [-0.39, 0.29) is 12.5 Å². The molecule has 0 atom stereocenters. The first-order chi connectivity index (χ1) is 13.0. The first kappa shape index (κ1) is 19.8. The summed E-state index contributed by atoms with van der Waals surface area (Å²) >= 11 is 0. The number of carboxylic acid groups (broad SMARTS) is 1. The number of ether oxygens (including phenoxy) is 2. The molecule has 2 rings (SSSR count). The molecule has 0 aliphatic heterocycles.